The zero-order valence-corrected chi connectivity index (χ0v) is 20.2. The van der Waals surface area contributed by atoms with Crippen molar-refractivity contribution in [2.24, 2.45) is 0 Å². The number of hydrogen-bond acceptors (Lipinski definition) is 0. The third kappa shape index (κ3) is 4.50. The Balaban J connectivity index is 0.000000567. The van der Waals surface area contributed by atoms with Gasteiger partial charge in [-0.15, -0.1) is 0 Å². The minimum Gasteiger partial charge on any atom is -0.0874 e. The lowest BCUT2D eigenvalue weighted by Gasteiger charge is -2.19. The normalized spacial score (nSPS) is 10.9. The molecule has 5 aromatic carbocycles. The largest absolute Gasteiger partial charge is 0.180 e. The molecule has 0 unspecified atom stereocenters. The fraction of sp³-hybridized carbons (Fsp3) is 0.103. The molecule has 0 aliphatic carbocycles. The molecule has 0 saturated carbocycles. The van der Waals surface area contributed by atoms with Gasteiger partial charge in [0, 0.05) is 0 Å². The van der Waals surface area contributed by atoms with E-state index in [0.29, 0.717) is 0 Å². The summed E-state index contributed by atoms with van der Waals surface area (Å²) in [6.07, 6.45) is 0. The summed E-state index contributed by atoms with van der Waals surface area (Å²) in [6.45, 7) is 4.41. The second kappa shape index (κ2) is 9.96. The second-order valence-corrected chi connectivity index (χ2v) is 9.70. The molecule has 0 bridgehead atoms. The Morgan fingerprint density at radius 3 is 0.969 bits per heavy atom. The molecule has 0 fully saturated rings. The summed E-state index contributed by atoms with van der Waals surface area (Å²) in [5.74, 6) is 0. The van der Waals surface area contributed by atoms with Gasteiger partial charge in [0.2, 0.25) is 0 Å². The van der Waals surface area contributed by atoms with Crippen LogP contribution in [0.3, 0.4) is 0 Å². The van der Waals surface area contributed by atoms with E-state index in [1.807, 2.05) is 0 Å². The highest BCUT2D eigenvalue weighted by Crippen LogP contribution is 2.44. The summed E-state index contributed by atoms with van der Waals surface area (Å²) < 4.78 is -0.750. The standard InChI is InChI=1S/C28H22.CHCl3/c1-19-11-3-5-13-21(19)27-23-15-7-9-17-25(23)28(22-14-6-4-12-20(22)2)26-18-10-8-16-24(26)27;2-1(3)4/h3-18H,1-2H3;1H. The van der Waals surface area contributed by atoms with Crippen LogP contribution in [0, 0.1) is 13.8 Å². The summed E-state index contributed by atoms with van der Waals surface area (Å²) in [5, 5.41) is 5.25. The monoisotopic (exact) mass is 476 g/mol. The molecule has 160 valence electrons. The van der Waals surface area contributed by atoms with E-state index >= 15 is 0 Å². The number of alkyl halides is 3. The van der Waals surface area contributed by atoms with Crippen molar-refractivity contribution >= 4 is 56.3 Å². The van der Waals surface area contributed by atoms with E-state index < -0.39 is 4.30 Å². The van der Waals surface area contributed by atoms with Crippen LogP contribution >= 0.6 is 34.8 Å². The first-order valence-corrected chi connectivity index (χ1v) is 11.8. The Bertz CT molecular complexity index is 1220. The average Bonchev–Trinajstić information content (AvgIpc) is 2.78. The number of halogens is 3. The molecule has 0 aliphatic rings. The fourth-order valence-corrected chi connectivity index (χ4v) is 4.42. The lowest BCUT2D eigenvalue weighted by atomic mass is 9.84. The van der Waals surface area contributed by atoms with Gasteiger partial charge in [-0.3, -0.25) is 0 Å². The molecule has 0 radical (unpaired) electrons. The quantitative estimate of drug-likeness (QED) is 0.175. The van der Waals surface area contributed by atoms with Crippen LogP contribution < -0.4 is 0 Å². The van der Waals surface area contributed by atoms with Crippen LogP contribution in [0.1, 0.15) is 11.1 Å². The van der Waals surface area contributed by atoms with E-state index in [0.717, 1.165) is 0 Å². The molecule has 0 saturated heterocycles. The zero-order chi connectivity index (χ0) is 22.7. The van der Waals surface area contributed by atoms with E-state index in [-0.39, 0.29) is 0 Å². The maximum atomic E-state index is 4.81. The van der Waals surface area contributed by atoms with Crippen molar-refractivity contribution in [2.45, 2.75) is 18.1 Å². The number of hydrogen-bond donors (Lipinski definition) is 0. The number of benzene rings is 5. The fourth-order valence-electron chi connectivity index (χ4n) is 4.42. The third-order valence-electron chi connectivity index (χ3n) is 5.76. The van der Waals surface area contributed by atoms with Crippen molar-refractivity contribution in [3.63, 3.8) is 0 Å². The van der Waals surface area contributed by atoms with Gasteiger partial charge in [-0.05, 0) is 68.8 Å². The number of fused-ring (bicyclic) bond motifs is 2. The van der Waals surface area contributed by atoms with Crippen LogP contribution in [0.4, 0.5) is 0 Å². The molecule has 5 aromatic rings. The highest BCUT2D eigenvalue weighted by molar-refractivity contribution is 6.63. The Hall–Kier alpha value is -2.51. The number of rotatable bonds is 2. The van der Waals surface area contributed by atoms with Crippen LogP contribution in [0.25, 0.3) is 43.8 Å². The van der Waals surface area contributed by atoms with Gasteiger partial charge in [0.1, 0.15) is 0 Å². The Labute approximate surface area is 204 Å². The van der Waals surface area contributed by atoms with Gasteiger partial charge in [0.05, 0.1) is 0 Å². The summed E-state index contributed by atoms with van der Waals surface area (Å²) in [6, 6.07) is 35.1. The van der Waals surface area contributed by atoms with Crippen LogP contribution in [-0.4, -0.2) is 4.30 Å². The van der Waals surface area contributed by atoms with Gasteiger partial charge in [-0.2, -0.15) is 0 Å². The summed E-state index contributed by atoms with van der Waals surface area (Å²) in [7, 11) is 0. The average molecular weight is 478 g/mol. The first-order chi connectivity index (χ1) is 15.5. The van der Waals surface area contributed by atoms with Crippen LogP contribution in [0.2, 0.25) is 0 Å². The predicted octanol–water partition coefficient (Wildman–Crippen LogP) is 9.93. The highest BCUT2D eigenvalue weighted by Gasteiger charge is 2.17. The van der Waals surface area contributed by atoms with Gasteiger partial charge in [0.15, 0.2) is 4.30 Å². The van der Waals surface area contributed by atoms with Crippen molar-refractivity contribution < 1.29 is 0 Å². The molecule has 0 amide bonds. The Morgan fingerprint density at radius 1 is 0.438 bits per heavy atom. The first kappa shape index (κ1) is 22.7. The molecule has 0 nitrogen and oxygen atoms in total. The molecule has 32 heavy (non-hydrogen) atoms. The van der Waals surface area contributed by atoms with Gasteiger partial charge < -0.3 is 0 Å². The third-order valence-corrected chi connectivity index (χ3v) is 5.76. The first-order valence-electron chi connectivity index (χ1n) is 10.5. The van der Waals surface area contributed by atoms with Gasteiger partial charge in [0.25, 0.3) is 0 Å². The highest BCUT2D eigenvalue weighted by atomic mass is 35.6. The summed E-state index contributed by atoms with van der Waals surface area (Å²) in [5.41, 5.74) is 7.91. The van der Waals surface area contributed by atoms with Gasteiger partial charge in [-0.1, -0.05) is 132 Å². The molecule has 0 heterocycles. The van der Waals surface area contributed by atoms with Crippen LogP contribution in [-0.2, 0) is 0 Å². The maximum Gasteiger partial charge on any atom is 0.180 e. The van der Waals surface area contributed by atoms with E-state index in [9.17, 15) is 0 Å². The molecule has 0 N–H and O–H groups in total. The van der Waals surface area contributed by atoms with Crippen LogP contribution in [0.5, 0.6) is 0 Å². The molecular formula is C29H23Cl3. The molecule has 0 aromatic heterocycles. The molecule has 0 aliphatic heterocycles. The molecule has 5 rings (SSSR count). The van der Waals surface area contributed by atoms with Crippen molar-refractivity contribution in [3.05, 3.63) is 108 Å². The van der Waals surface area contributed by atoms with Crippen molar-refractivity contribution in [3.8, 4) is 22.3 Å². The van der Waals surface area contributed by atoms with Crippen LogP contribution in [0.15, 0.2) is 97.1 Å². The van der Waals surface area contributed by atoms with Crippen molar-refractivity contribution in [1.29, 1.82) is 0 Å². The lowest BCUT2D eigenvalue weighted by Crippen LogP contribution is -1.93. The predicted molar refractivity (Wildman–Crippen MR) is 143 cm³/mol. The topological polar surface area (TPSA) is 0 Å². The molecular weight excluding hydrogens is 455 g/mol. The smallest absolute Gasteiger partial charge is 0.0874 e. The molecule has 0 spiro atoms. The zero-order valence-electron chi connectivity index (χ0n) is 17.9. The number of aryl methyl sites for hydroxylation is 2. The van der Waals surface area contributed by atoms with Crippen molar-refractivity contribution in [2.75, 3.05) is 0 Å². The molecule has 0 atom stereocenters. The maximum absolute atomic E-state index is 4.81. The van der Waals surface area contributed by atoms with Crippen molar-refractivity contribution in [1.82, 2.24) is 0 Å². The summed E-state index contributed by atoms with van der Waals surface area (Å²) >= 11 is 14.4. The minimum atomic E-state index is -0.750. The van der Waals surface area contributed by atoms with Gasteiger partial charge in [-0.25, -0.2) is 0 Å². The van der Waals surface area contributed by atoms with E-state index in [1.54, 1.807) is 0 Å². The Morgan fingerprint density at radius 2 is 0.688 bits per heavy atom. The second-order valence-electron chi connectivity index (χ2n) is 7.72. The molecule has 3 heteroatoms. The summed E-state index contributed by atoms with van der Waals surface area (Å²) in [4.78, 5) is 0. The Kier molecular flexibility index (Phi) is 7.06. The lowest BCUT2D eigenvalue weighted by molar-refractivity contribution is 1.47. The van der Waals surface area contributed by atoms with Gasteiger partial charge >= 0.3 is 0 Å². The SMILES string of the molecule is Cc1ccccc1-c1c2ccccc2c(-c2ccccc2C)c2ccccc12.ClC(Cl)Cl. The minimum absolute atomic E-state index is 0.750. The van der Waals surface area contributed by atoms with E-state index in [4.69, 9.17) is 34.8 Å². The van der Waals surface area contributed by atoms with E-state index in [1.165, 1.54) is 54.9 Å². The van der Waals surface area contributed by atoms with E-state index in [2.05, 4.69) is 111 Å².